The van der Waals surface area contributed by atoms with Crippen molar-refractivity contribution in [2.24, 2.45) is 0 Å². The first-order chi connectivity index (χ1) is 8.91. The summed E-state index contributed by atoms with van der Waals surface area (Å²) in [5, 5.41) is 0. The van der Waals surface area contributed by atoms with E-state index in [0.717, 1.165) is 25.7 Å². The van der Waals surface area contributed by atoms with Crippen molar-refractivity contribution in [3.8, 4) is 0 Å². The van der Waals surface area contributed by atoms with E-state index in [4.69, 9.17) is 4.89 Å². The first-order valence-electron chi connectivity index (χ1n) is 7.00. The molecule has 0 spiro atoms. The summed E-state index contributed by atoms with van der Waals surface area (Å²) in [6.07, 6.45) is 12.1. The van der Waals surface area contributed by atoms with Crippen LogP contribution >= 0.6 is 8.03 Å². The zero-order valence-electron chi connectivity index (χ0n) is 12.8. The Bertz CT molecular complexity index is 361. The van der Waals surface area contributed by atoms with Gasteiger partial charge in [-0.2, -0.15) is 4.89 Å². The average molecular weight is 283 g/mol. The molecule has 0 fully saturated rings. The predicted octanol–water partition coefficient (Wildman–Crippen LogP) is 5.53. The summed E-state index contributed by atoms with van der Waals surface area (Å²) in [5.41, 5.74) is 4.14. The van der Waals surface area contributed by atoms with E-state index in [1.807, 2.05) is 0 Å². The molecule has 0 aromatic rings. The van der Waals surface area contributed by atoms with Crippen LogP contribution in [0.25, 0.3) is 0 Å². The van der Waals surface area contributed by atoms with Crippen LogP contribution in [0.4, 0.5) is 0 Å². The van der Waals surface area contributed by atoms with Gasteiger partial charge < -0.3 is 0 Å². The Morgan fingerprint density at radius 1 is 0.895 bits per heavy atom. The van der Waals surface area contributed by atoms with Gasteiger partial charge in [0.25, 0.3) is 0 Å². The first-order valence-corrected chi connectivity index (χ1v) is 8.39. The molecule has 3 heteroatoms. The van der Waals surface area contributed by atoms with Crippen molar-refractivity contribution in [2.75, 3.05) is 6.16 Å². The second kappa shape index (κ2) is 11.1. The van der Waals surface area contributed by atoms with Gasteiger partial charge in [0.2, 0.25) is 0 Å². The number of hydrogen-bond acceptors (Lipinski definition) is 1. The first kappa shape index (κ1) is 18.3. The molecule has 0 amide bonds. The van der Waals surface area contributed by atoms with Crippen molar-refractivity contribution in [3.63, 3.8) is 0 Å². The Hall–Kier alpha value is -0.720. The highest BCUT2D eigenvalue weighted by Gasteiger charge is 2.06. The van der Waals surface area contributed by atoms with E-state index in [1.165, 1.54) is 16.7 Å². The van der Waals surface area contributed by atoms with E-state index in [0.29, 0.717) is 12.6 Å². The second-order valence-electron chi connectivity index (χ2n) is 5.32. The van der Waals surface area contributed by atoms with Crippen LogP contribution in [0.3, 0.4) is 0 Å². The second-order valence-corrected chi connectivity index (χ2v) is 6.48. The quantitative estimate of drug-likeness (QED) is 0.446. The number of hydrogen-bond donors (Lipinski definition) is 1. The Balaban J connectivity index is 3.86. The fraction of sp³-hybridized carbons (Fsp3) is 0.625. The van der Waals surface area contributed by atoms with Gasteiger partial charge in [0.15, 0.2) is 6.16 Å². The van der Waals surface area contributed by atoms with Crippen LogP contribution in [0.1, 0.15) is 59.8 Å². The monoisotopic (exact) mass is 283 g/mol. The van der Waals surface area contributed by atoms with Crippen LogP contribution in [0.5, 0.6) is 0 Å². The molecule has 1 N–H and O–H groups in total. The van der Waals surface area contributed by atoms with Crippen molar-refractivity contribution in [2.45, 2.75) is 59.8 Å². The van der Waals surface area contributed by atoms with Crippen LogP contribution in [0.2, 0.25) is 0 Å². The highest BCUT2D eigenvalue weighted by atomic mass is 31.1. The molecule has 0 aliphatic heterocycles. The van der Waals surface area contributed by atoms with Gasteiger partial charge in [-0.1, -0.05) is 34.9 Å². The maximum Gasteiger partial charge on any atom is 0.505 e. The third-order valence-corrected chi connectivity index (χ3v) is 3.58. The summed E-state index contributed by atoms with van der Waals surface area (Å²) in [4.78, 5) is 8.70. The van der Waals surface area contributed by atoms with E-state index in [-0.39, 0.29) is 0 Å². The lowest BCUT2D eigenvalue weighted by molar-refractivity contribution is 0.503. The molecule has 0 radical (unpaired) electrons. The van der Waals surface area contributed by atoms with Crippen molar-refractivity contribution < 1.29 is 9.46 Å². The summed E-state index contributed by atoms with van der Waals surface area (Å²) < 4.78 is 10.5. The minimum Gasteiger partial charge on any atom is -0.161 e. The molecular weight excluding hydrogens is 255 g/mol. The average Bonchev–Trinajstić information content (AvgIpc) is 2.27. The van der Waals surface area contributed by atoms with Gasteiger partial charge in [-0.05, 0) is 57.9 Å². The maximum atomic E-state index is 10.5. The Morgan fingerprint density at radius 3 is 1.84 bits per heavy atom. The molecule has 0 saturated carbocycles. The van der Waals surface area contributed by atoms with Crippen molar-refractivity contribution in [3.05, 3.63) is 34.9 Å². The van der Waals surface area contributed by atoms with Gasteiger partial charge in [0.05, 0.1) is 0 Å². The number of allylic oxidation sites excluding steroid dienone is 6. The van der Waals surface area contributed by atoms with Crippen LogP contribution < -0.4 is 0 Å². The van der Waals surface area contributed by atoms with E-state index >= 15 is 0 Å². The number of rotatable bonds is 9. The van der Waals surface area contributed by atoms with Gasteiger partial charge in [-0.15, -0.1) is 0 Å². The van der Waals surface area contributed by atoms with Crippen molar-refractivity contribution in [1.29, 1.82) is 0 Å². The fourth-order valence-corrected chi connectivity index (χ4v) is 2.11. The molecule has 1 unspecified atom stereocenters. The van der Waals surface area contributed by atoms with E-state index in [9.17, 15) is 4.57 Å². The zero-order chi connectivity index (χ0) is 14.7. The largest absolute Gasteiger partial charge is 0.505 e. The molecule has 0 bridgehead atoms. The summed E-state index contributed by atoms with van der Waals surface area (Å²) in [6.45, 7) is 8.55. The molecule has 1 atom stereocenters. The summed E-state index contributed by atoms with van der Waals surface area (Å²) in [5.74, 6) is 0. The molecule has 0 saturated heterocycles. The smallest absolute Gasteiger partial charge is 0.161 e. The van der Waals surface area contributed by atoms with Crippen molar-refractivity contribution >= 4 is 8.03 Å². The fourth-order valence-electron chi connectivity index (χ4n) is 1.76. The Morgan fingerprint density at radius 2 is 1.37 bits per heavy atom. The molecule has 0 aliphatic carbocycles. The Labute approximate surface area is 119 Å². The lowest BCUT2D eigenvalue weighted by atomic mass is 10.1. The summed E-state index contributed by atoms with van der Waals surface area (Å²) in [7, 11) is -1.98. The van der Waals surface area contributed by atoms with Crippen LogP contribution in [0.15, 0.2) is 34.9 Å². The summed E-state index contributed by atoms with van der Waals surface area (Å²) in [6, 6.07) is 0. The topological polar surface area (TPSA) is 37.3 Å². The SMILES string of the molecule is CC(C)=CCC/C(C)=C/CC/C(C)=C/CC[P+](=O)O. The van der Waals surface area contributed by atoms with E-state index in [1.54, 1.807) is 0 Å². The molecule has 0 aliphatic rings. The van der Waals surface area contributed by atoms with Gasteiger partial charge >= 0.3 is 8.03 Å². The minimum atomic E-state index is -1.98. The van der Waals surface area contributed by atoms with Gasteiger partial charge in [0.1, 0.15) is 0 Å². The van der Waals surface area contributed by atoms with Crippen LogP contribution in [-0.2, 0) is 4.57 Å². The zero-order valence-corrected chi connectivity index (χ0v) is 13.7. The van der Waals surface area contributed by atoms with Gasteiger partial charge in [0, 0.05) is 6.42 Å². The summed E-state index contributed by atoms with van der Waals surface area (Å²) >= 11 is 0. The molecule has 2 nitrogen and oxygen atoms in total. The third-order valence-electron chi connectivity index (χ3n) is 2.94. The lowest BCUT2D eigenvalue weighted by Crippen LogP contribution is -1.82. The maximum absolute atomic E-state index is 10.5. The molecule has 108 valence electrons. The standard InChI is InChI=1S/C16H27O2P/c1-14(2)8-5-9-15(3)10-6-11-16(4)12-7-13-19(17)18/h8,10,12H,5-7,9,11,13H2,1-4H3/p+1/b15-10+,16-12+. The Kier molecular flexibility index (Phi) is 10.7. The molecule has 0 heterocycles. The van der Waals surface area contributed by atoms with Crippen molar-refractivity contribution in [1.82, 2.24) is 0 Å². The van der Waals surface area contributed by atoms with Gasteiger partial charge in [-0.25, -0.2) is 0 Å². The lowest BCUT2D eigenvalue weighted by Gasteiger charge is -2.01. The molecule has 0 aromatic heterocycles. The van der Waals surface area contributed by atoms with E-state index in [2.05, 4.69) is 45.9 Å². The highest BCUT2D eigenvalue weighted by Crippen LogP contribution is 2.16. The minimum absolute atomic E-state index is 0.379. The predicted molar refractivity (Wildman–Crippen MR) is 84.7 cm³/mol. The van der Waals surface area contributed by atoms with Gasteiger partial charge in [-0.3, -0.25) is 0 Å². The van der Waals surface area contributed by atoms with E-state index < -0.39 is 8.03 Å². The normalized spacial score (nSPS) is 13.4. The van der Waals surface area contributed by atoms with Crippen LogP contribution in [-0.4, -0.2) is 11.1 Å². The third kappa shape index (κ3) is 13.5. The molecule has 19 heavy (non-hydrogen) atoms. The highest BCUT2D eigenvalue weighted by molar-refractivity contribution is 7.37. The molecular formula is C16H28O2P+. The molecule has 0 rings (SSSR count). The van der Waals surface area contributed by atoms with Crippen LogP contribution in [0, 0.1) is 0 Å². The molecule has 0 aromatic carbocycles.